The van der Waals surface area contributed by atoms with E-state index in [2.05, 4.69) is 4.52 Å². The third kappa shape index (κ3) is 8.12. The van der Waals surface area contributed by atoms with Crippen LogP contribution in [0.4, 0.5) is 0 Å². The summed E-state index contributed by atoms with van der Waals surface area (Å²) in [5.41, 5.74) is 0. The van der Waals surface area contributed by atoms with Gasteiger partial charge < -0.3 is 9.79 Å². The molecule has 0 unspecified atom stereocenters. The van der Waals surface area contributed by atoms with E-state index in [4.69, 9.17) is 9.79 Å². The predicted octanol–water partition coefficient (Wildman–Crippen LogP) is 1.10. The van der Waals surface area contributed by atoms with E-state index in [0.29, 0.717) is 12.8 Å². The Morgan fingerprint density at radius 1 is 1.46 bits per heavy atom. The zero-order chi connectivity index (χ0) is 10.5. The van der Waals surface area contributed by atoms with Crippen LogP contribution in [0.3, 0.4) is 0 Å². The first-order chi connectivity index (χ1) is 5.83. The van der Waals surface area contributed by atoms with Crippen LogP contribution in [0.25, 0.3) is 0 Å². The minimum absolute atomic E-state index is 0.0324. The van der Waals surface area contributed by atoms with E-state index in [-0.39, 0.29) is 18.3 Å². The molecular formula is C7H15O5P. The first-order valence-electron chi connectivity index (χ1n) is 4.05. The van der Waals surface area contributed by atoms with Gasteiger partial charge in [-0.2, -0.15) is 0 Å². The molecule has 78 valence electrons. The van der Waals surface area contributed by atoms with Gasteiger partial charge in [0, 0.05) is 12.3 Å². The quantitative estimate of drug-likeness (QED) is 0.506. The number of hydrogen-bond donors (Lipinski definition) is 2. The van der Waals surface area contributed by atoms with Gasteiger partial charge in [0.15, 0.2) is 0 Å². The Morgan fingerprint density at radius 2 is 2.00 bits per heavy atom. The zero-order valence-electron chi connectivity index (χ0n) is 7.77. The van der Waals surface area contributed by atoms with Gasteiger partial charge in [0.25, 0.3) is 0 Å². The van der Waals surface area contributed by atoms with Gasteiger partial charge in [-0.05, 0) is 6.42 Å². The fourth-order valence-electron chi connectivity index (χ4n) is 0.719. The second-order valence-electron chi connectivity index (χ2n) is 3.05. The Bertz CT molecular complexity index is 207. The Labute approximate surface area is 77.3 Å². The highest BCUT2D eigenvalue weighted by atomic mass is 31.2. The number of Topliss-reactive ketones (excluding diaryl/α,β-unsaturated/α-hetero) is 1. The number of rotatable bonds is 6. The molecular weight excluding hydrogens is 195 g/mol. The van der Waals surface area contributed by atoms with Gasteiger partial charge in [0.1, 0.15) is 5.78 Å². The maximum absolute atomic E-state index is 11.0. The largest absolute Gasteiger partial charge is 0.469 e. The number of phosphoric acid groups is 1. The summed E-state index contributed by atoms with van der Waals surface area (Å²) in [5, 5.41) is 0. The Morgan fingerprint density at radius 3 is 2.38 bits per heavy atom. The molecule has 0 bridgehead atoms. The van der Waals surface area contributed by atoms with Crippen LogP contribution in [0, 0.1) is 5.92 Å². The Kier molecular flexibility index (Phi) is 5.40. The average molecular weight is 210 g/mol. The summed E-state index contributed by atoms with van der Waals surface area (Å²) in [6, 6.07) is 0. The van der Waals surface area contributed by atoms with Crippen molar-refractivity contribution in [1.29, 1.82) is 0 Å². The first kappa shape index (κ1) is 12.8. The normalized spacial score (nSPS) is 12.1. The molecule has 5 nitrogen and oxygen atoms in total. The molecule has 0 radical (unpaired) electrons. The van der Waals surface area contributed by atoms with Gasteiger partial charge in [0.2, 0.25) is 0 Å². The Hall–Kier alpha value is -0.220. The number of ketones is 1. The molecule has 6 heteroatoms. The molecule has 0 spiro atoms. The molecule has 13 heavy (non-hydrogen) atoms. The van der Waals surface area contributed by atoms with E-state index in [1.165, 1.54) is 0 Å². The van der Waals surface area contributed by atoms with E-state index in [1.807, 2.05) is 0 Å². The molecule has 0 saturated heterocycles. The minimum Gasteiger partial charge on any atom is -0.303 e. The first-order valence-corrected chi connectivity index (χ1v) is 5.59. The van der Waals surface area contributed by atoms with E-state index in [0.717, 1.165) is 0 Å². The van der Waals surface area contributed by atoms with Gasteiger partial charge in [-0.3, -0.25) is 9.32 Å². The lowest BCUT2D eigenvalue weighted by molar-refractivity contribution is -0.122. The fraction of sp³-hybridized carbons (Fsp3) is 0.857. The van der Waals surface area contributed by atoms with Crippen LogP contribution in [0.2, 0.25) is 0 Å². The molecule has 0 saturated carbocycles. The summed E-state index contributed by atoms with van der Waals surface area (Å²) in [5.74, 6) is 0.0457. The molecule has 0 aromatic heterocycles. The summed E-state index contributed by atoms with van der Waals surface area (Å²) >= 11 is 0. The van der Waals surface area contributed by atoms with Crippen LogP contribution in [-0.4, -0.2) is 22.2 Å². The molecule has 0 heterocycles. The molecule has 0 aliphatic heterocycles. The number of phosphoric ester groups is 1. The van der Waals surface area contributed by atoms with Crippen molar-refractivity contribution in [1.82, 2.24) is 0 Å². The van der Waals surface area contributed by atoms with Gasteiger partial charge in [-0.25, -0.2) is 4.57 Å². The van der Waals surface area contributed by atoms with Crippen molar-refractivity contribution in [2.45, 2.75) is 26.7 Å². The maximum atomic E-state index is 11.0. The highest BCUT2D eigenvalue weighted by Gasteiger charge is 2.13. The summed E-state index contributed by atoms with van der Waals surface area (Å²) in [4.78, 5) is 27.6. The lowest BCUT2D eigenvalue weighted by atomic mass is 10.1. The second-order valence-corrected chi connectivity index (χ2v) is 4.29. The van der Waals surface area contributed by atoms with Crippen molar-refractivity contribution in [2.75, 3.05) is 6.61 Å². The van der Waals surface area contributed by atoms with Crippen molar-refractivity contribution < 1.29 is 23.7 Å². The third-order valence-electron chi connectivity index (χ3n) is 1.47. The van der Waals surface area contributed by atoms with Crippen molar-refractivity contribution in [3.05, 3.63) is 0 Å². The summed E-state index contributed by atoms with van der Waals surface area (Å²) in [6.07, 6.45) is 0.653. The van der Waals surface area contributed by atoms with Crippen LogP contribution < -0.4 is 0 Å². The number of carbonyl (C=O) groups is 1. The molecule has 0 atom stereocenters. The van der Waals surface area contributed by atoms with E-state index >= 15 is 0 Å². The predicted molar refractivity (Wildman–Crippen MR) is 47.1 cm³/mol. The third-order valence-corrected chi connectivity index (χ3v) is 1.99. The van der Waals surface area contributed by atoms with Crippen molar-refractivity contribution in [2.24, 2.45) is 5.92 Å². The summed E-state index contributed by atoms with van der Waals surface area (Å²) in [6.45, 7) is 3.49. The van der Waals surface area contributed by atoms with Crippen molar-refractivity contribution >= 4 is 13.6 Å². The van der Waals surface area contributed by atoms with Crippen LogP contribution in [-0.2, 0) is 13.9 Å². The molecule has 2 N–H and O–H groups in total. The smallest absolute Gasteiger partial charge is 0.303 e. The zero-order valence-corrected chi connectivity index (χ0v) is 8.66. The SMILES string of the molecule is CC(C)C(=O)CCCOP(=O)(O)O. The van der Waals surface area contributed by atoms with Crippen LogP contribution >= 0.6 is 7.82 Å². The lowest BCUT2D eigenvalue weighted by Gasteiger charge is -2.05. The van der Waals surface area contributed by atoms with Crippen LogP contribution in [0.5, 0.6) is 0 Å². The molecule has 0 fully saturated rings. The maximum Gasteiger partial charge on any atom is 0.469 e. The molecule has 0 amide bonds. The minimum atomic E-state index is -4.36. The standard InChI is InChI=1S/C7H15O5P/c1-6(2)7(8)4-3-5-12-13(9,10)11/h6H,3-5H2,1-2H3,(H2,9,10,11). The molecule has 0 aliphatic carbocycles. The average Bonchev–Trinajstić information content (AvgIpc) is 1.95. The molecule has 0 aliphatic rings. The van der Waals surface area contributed by atoms with Crippen molar-refractivity contribution in [3.8, 4) is 0 Å². The van der Waals surface area contributed by atoms with Crippen LogP contribution in [0.15, 0.2) is 0 Å². The Balaban J connectivity index is 3.47. The van der Waals surface area contributed by atoms with Gasteiger partial charge in [-0.1, -0.05) is 13.8 Å². The van der Waals surface area contributed by atoms with E-state index < -0.39 is 7.82 Å². The highest BCUT2D eigenvalue weighted by molar-refractivity contribution is 7.46. The van der Waals surface area contributed by atoms with Gasteiger partial charge in [-0.15, -0.1) is 0 Å². The summed E-state index contributed by atoms with van der Waals surface area (Å²) < 4.78 is 14.4. The van der Waals surface area contributed by atoms with E-state index in [9.17, 15) is 9.36 Å². The van der Waals surface area contributed by atoms with E-state index in [1.54, 1.807) is 13.8 Å². The fourth-order valence-corrected chi connectivity index (χ4v) is 1.09. The highest BCUT2D eigenvalue weighted by Crippen LogP contribution is 2.35. The molecule has 0 aromatic rings. The summed E-state index contributed by atoms with van der Waals surface area (Å²) in [7, 11) is -4.36. The monoisotopic (exact) mass is 210 g/mol. The van der Waals surface area contributed by atoms with Crippen molar-refractivity contribution in [3.63, 3.8) is 0 Å². The number of hydrogen-bond acceptors (Lipinski definition) is 3. The molecule has 0 aromatic carbocycles. The lowest BCUT2D eigenvalue weighted by Crippen LogP contribution is -2.07. The second kappa shape index (κ2) is 5.50. The van der Waals surface area contributed by atoms with Gasteiger partial charge >= 0.3 is 7.82 Å². The molecule has 0 rings (SSSR count). The number of carbonyl (C=O) groups excluding carboxylic acids is 1. The topological polar surface area (TPSA) is 83.8 Å². The van der Waals surface area contributed by atoms with Gasteiger partial charge in [0.05, 0.1) is 6.61 Å². The van der Waals surface area contributed by atoms with Crippen LogP contribution in [0.1, 0.15) is 26.7 Å².